The Bertz CT molecular complexity index is 360. The predicted octanol–water partition coefficient (Wildman–Crippen LogP) is 4.26. The zero-order chi connectivity index (χ0) is 14.8. The van der Waals surface area contributed by atoms with Crippen LogP contribution in [0.25, 0.3) is 0 Å². The minimum Gasteiger partial charge on any atom is -0.373 e. The van der Waals surface area contributed by atoms with E-state index < -0.39 is 0 Å². The van der Waals surface area contributed by atoms with E-state index in [1.165, 1.54) is 32.1 Å². The number of anilines is 2. The first-order chi connectivity index (χ1) is 9.65. The topological polar surface area (TPSA) is 49.8 Å². The molecule has 0 saturated carbocycles. The highest BCUT2D eigenvalue weighted by atomic mass is 32.2. The van der Waals surface area contributed by atoms with Gasteiger partial charge in [-0.3, -0.25) is 0 Å². The number of nitrogens with one attached hydrogen (secondary N) is 2. The minimum absolute atomic E-state index is 0.802. The van der Waals surface area contributed by atoms with Gasteiger partial charge in [-0.1, -0.05) is 51.3 Å². The van der Waals surface area contributed by atoms with Gasteiger partial charge in [-0.2, -0.15) is 0 Å². The third kappa shape index (κ3) is 6.98. The van der Waals surface area contributed by atoms with Gasteiger partial charge in [0, 0.05) is 19.7 Å². The van der Waals surface area contributed by atoms with Crippen LogP contribution in [0.3, 0.4) is 0 Å². The second-order valence-electron chi connectivity index (χ2n) is 5.40. The van der Waals surface area contributed by atoms with Crippen molar-refractivity contribution in [1.82, 2.24) is 9.97 Å². The van der Waals surface area contributed by atoms with Crippen LogP contribution in [-0.2, 0) is 0 Å². The molecule has 4 nitrogen and oxygen atoms in total. The standard InChI is InChI=1S/C15H28N4S/c1-12(2)9-7-5-6-8-10-17-14-11-13(16-3)18-15(19-14)20-4/h11-12H,5-10H2,1-4H3,(H2,16,17,18,19). The number of hydrogen-bond acceptors (Lipinski definition) is 5. The average Bonchev–Trinajstić information content (AvgIpc) is 2.45. The summed E-state index contributed by atoms with van der Waals surface area (Å²) in [7, 11) is 1.88. The predicted molar refractivity (Wildman–Crippen MR) is 89.8 cm³/mol. The Labute approximate surface area is 127 Å². The maximum absolute atomic E-state index is 4.46. The molecule has 2 N–H and O–H groups in total. The smallest absolute Gasteiger partial charge is 0.191 e. The van der Waals surface area contributed by atoms with Gasteiger partial charge in [-0.25, -0.2) is 9.97 Å². The van der Waals surface area contributed by atoms with E-state index in [9.17, 15) is 0 Å². The Morgan fingerprint density at radius 1 is 1.10 bits per heavy atom. The summed E-state index contributed by atoms with van der Waals surface area (Å²) >= 11 is 1.56. The van der Waals surface area contributed by atoms with Gasteiger partial charge in [-0.05, 0) is 18.6 Å². The molecule has 0 bridgehead atoms. The number of aromatic nitrogens is 2. The Kier molecular flexibility index (Phi) is 8.42. The lowest BCUT2D eigenvalue weighted by molar-refractivity contribution is 0.523. The molecule has 0 unspecified atom stereocenters. The molecule has 0 aliphatic rings. The Morgan fingerprint density at radius 3 is 2.45 bits per heavy atom. The highest BCUT2D eigenvalue weighted by Gasteiger charge is 2.02. The van der Waals surface area contributed by atoms with Crippen molar-refractivity contribution in [2.45, 2.75) is 51.1 Å². The lowest BCUT2D eigenvalue weighted by Crippen LogP contribution is -2.06. The molecule has 1 aromatic rings. The molecule has 0 saturated heterocycles. The van der Waals surface area contributed by atoms with E-state index in [0.29, 0.717) is 0 Å². The number of unbranched alkanes of at least 4 members (excludes halogenated alkanes) is 3. The van der Waals surface area contributed by atoms with Crippen LogP contribution in [0.15, 0.2) is 11.2 Å². The zero-order valence-corrected chi connectivity index (χ0v) is 14.0. The van der Waals surface area contributed by atoms with Crippen molar-refractivity contribution in [1.29, 1.82) is 0 Å². The Balaban J connectivity index is 2.24. The molecule has 0 spiro atoms. The van der Waals surface area contributed by atoms with Gasteiger partial charge in [0.15, 0.2) is 5.16 Å². The lowest BCUT2D eigenvalue weighted by atomic mass is 10.0. The molecule has 5 heteroatoms. The largest absolute Gasteiger partial charge is 0.373 e. The SMILES string of the molecule is CNc1cc(NCCCCCCC(C)C)nc(SC)n1. The van der Waals surface area contributed by atoms with E-state index in [-0.39, 0.29) is 0 Å². The van der Waals surface area contributed by atoms with Crippen LogP contribution >= 0.6 is 11.8 Å². The molecule has 0 amide bonds. The Hall–Kier alpha value is -0.970. The van der Waals surface area contributed by atoms with E-state index >= 15 is 0 Å². The third-order valence-electron chi connectivity index (χ3n) is 3.16. The van der Waals surface area contributed by atoms with E-state index in [0.717, 1.165) is 29.3 Å². The molecular formula is C15H28N4S. The number of hydrogen-bond donors (Lipinski definition) is 2. The van der Waals surface area contributed by atoms with Crippen molar-refractivity contribution in [3.05, 3.63) is 6.07 Å². The fourth-order valence-electron chi connectivity index (χ4n) is 1.98. The van der Waals surface area contributed by atoms with E-state index in [1.807, 2.05) is 19.4 Å². The molecule has 0 aliphatic heterocycles. The molecular weight excluding hydrogens is 268 g/mol. The molecule has 0 aliphatic carbocycles. The first-order valence-electron chi connectivity index (χ1n) is 7.50. The quantitative estimate of drug-likeness (QED) is 0.384. The molecule has 0 aromatic carbocycles. The van der Waals surface area contributed by atoms with Crippen LogP contribution in [0.2, 0.25) is 0 Å². The lowest BCUT2D eigenvalue weighted by Gasteiger charge is -2.09. The summed E-state index contributed by atoms with van der Waals surface area (Å²) < 4.78 is 0. The third-order valence-corrected chi connectivity index (χ3v) is 3.71. The minimum atomic E-state index is 0.802. The van der Waals surface area contributed by atoms with Crippen molar-refractivity contribution in [2.24, 2.45) is 5.92 Å². The number of thioether (sulfide) groups is 1. The van der Waals surface area contributed by atoms with Crippen LogP contribution in [-0.4, -0.2) is 29.8 Å². The zero-order valence-electron chi connectivity index (χ0n) is 13.2. The second-order valence-corrected chi connectivity index (χ2v) is 6.17. The highest BCUT2D eigenvalue weighted by Crippen LogP contribution is 2.17. The molecule has 1 heterocycles. The Morgan fingerprint density at radius 2 is 1.80 bits per heavy atom. The summed E-state index contributed by atoms with van der Waals surface area (Å²) in [5, 5.41) is 7.26. The summed E-state index contributed by atoms with van der Waals surface area (Å²) in [6.07, 6.45) is 8.52. The molecule has 0 atom stereocenters. The van der Waals surface area contributed by atoms with E-state index in [2.05, 4.69) is 34.4 Å². The van der Waals surface area contributed by atoms with Crippen LogP contribution < -0.4 is 10.6 Å². The number of nitrogens with zero attached hydrogens (tertiary/aromatic N) is 2. The molecule has 0 radical (unpaired) electrons. The first kappa shape index (κ1) is 17.1. The summed E-state index contributed by atoms with van der Waals surface area (Å²) in [6.45, 7) is 5.56. The first-order valence-corrected chi connectivity index (χ1v) is 8.73. The maximum atomic E-state index is 4.46. The molecule has 114 valence electrons. The van der Waals surface area contributed by atoms with E-state index in [4.69, 9.17) is 0 Å². The van der Waals surface area contributed by atoms with Gasteiger partial charge in [0.1, 0.15) is 11.6 Å². The second kappa shape index (κ2) is 9.86. The van der Waals surface area contributed by atoms with Crippen LogP contribution in [0.5, 0.6) is 0 Å². The van der Waals surface area contributed by atoms with Gasteiger partial charge in [0.05, 0.1) is 0 Å². The van der Waals surface area contributed by atoms with E-state index in [1.54, 1.807) is 11.8 Å². The summed E-state index contributed by atoms with van der Waals surface area (Å²) in [5.74, 6) is 2.61. The molecule has 20 heavy (non-hydrogen) atoms. The highest BCUT2D eigenvalue weighted by molar-refractivity contribution is 7.98. The van der Waals surface area contributed by atoms with Crippen molar-refractivity contribution in [3.63, 3.8) is 0 Å². The van der Waals surface area contributed by atoms with Crippen LogP contribution in [0, 0.1) is 5.92 Å². The number of rotatable bonds is 10. The van der Waals surface area contributed by atoms with Gasteiger partial charge in [0.25, 0.3) is 0 Å². The van der Waals surface area contributed by atoms with Gasteiger partial charge < -0.3 is 10.6 Å². The fourth-order valence-corrected chi connectivity index (χ4v) is 2.36. The van der Waals surface area contributed by atoms with Crippen molar-refractivity contribution in [3.8, 4) is 0 Å². The summed E-state index contributed by atoms with van der Waals surface area (Å²) in [5.41, 5.74) is 0. The fraction of sp³-hybridized carbons (Fsp3) is 0.733. The molecule has 1 aromatic heterocycles. The maximum Gasteiger partial charge on any atom is 0.191 e. The van der Waals surface area contributed by atoms with Crippen LogP contribution in [0.4, 0.5) is 11.6 Å². The van der Waals surface area contributed by atoms with Crippen molar-refractivity contribution < 1.29 is 0 Å². The van der Waals surface area contributed by atoms with Gasteiger partial charge >= 0.3 is 0 Å². The normalized spacial score (nSPS) is 10.8. The van der Waals surface area contributed by atoms with Crippen molar-refractivity contribution >= 4 is 23.4 Å². The van der Waals surface area contributed by atoms with Gasteiger partial charge in [0.2, 0.25) is 0 Å². The van der Waals surface area contributed by atoms with Crippen molar-refractivity contribution in [2.75, 3.05) is 30.5 Å². The monoisotopic (exact) mass is 296 g/mol. The average molecular weight is 296 g/mol. The van der Waals surface area contributed by atoms with Gasteiger partial charge in [-0.15, -0.1) is 0 Å². The molecule has 1 rings (SSSR count). The van der Waals surface area contributed by atoms with Crippen LogP contribution in [0.1, 0.15) is 46.0 Å². The summed E-state index contributed by atoms with van der Waals surface area (Å²) in [4.78, 5) is 8.81. The molecule has 0 fully saturated rings. The summed E-state index contributed by atoms with van der Waals surface area (Å²) in [6, 6.07) is 1.96.